The summed E-state index contributed by atoms with van der Waals surface area (Å²) in [6.45, 7) is 6.68. The second-order valence-electron chi connectivity index (χ2n) is 6.00. The Bertz CT molecular complexity index is 641. The highest BCUT2D eigenvalue weighted by molar-refractivity contribution is 5.91. The molecule has 1 heterocycles. The number of nitrogens with zero attached hydrogens (tertiary/aromatic N) is 2. The molecule has 0 aliphatic carbocycles. The average molecular weight is 264 g/mol. The van der Waals surface area contributed by atoms with Gasteiger partial charge in [0.15, 0.2) is 0 Å². The summed E-state index contributed by atoms with van der Waals surface area (Å²) in [7, 11) is 0. The fraction of sp³-hybridized carbons (Fsp3) is 0.278. The number of benzene rings is 2. The summed E-state index contributed by atoms with van der Waals surface area (Å²) in [4.78, 5) is 7.19. The molecule has 2 heteroatoms. The molecule has 1 aliphatic rings. The standard InChI is InChI=1S/C18H20N2/c1-14-13-18(2,3)20(15-9-5-4-6-10-15)17-12-8-7-11-16(17)19-14/h4-12H,13H2,1-3H3. The molecule has 0 saturated carbocycles. The summed E-state index contributed by atoms with van der Waals surface area (Å²) in [5, 5.41) is 0. The van der Waals surface area contributed by atoms with Crippen LogP contribution in [0, 0.1) is 0 Å². The third kappa shape index (κ3) is 2.22. The predicted molar refractivity (Wildman–Crippen MR) is 86.5 cm³/mol. The third-order valence-electron chi connectivity index (χ3n) is 3.74. The molecule has 2 aromatic carbocycles. The summed E-state index contributed by atoms with van der Waals surface area (Å²) in [6.07, 6.45) is 0.955. The first-order valence-corrected chi connectivity index (χ1v) is 7.06. The highest BCUT2D eigenvalue weighted by Crippen LogP contribution is 2.42. The monoisotopic (exact) mass is 264 g/mol. The predicted octanol–water partition coefficient (Wildman–Crippen LogP) is 5.10. The number of fused-ring (bicyclic) bond motifs is 1. The molecular weight excluding hydrogens is 244 g/mol. The molecule has 102 valence electrons. The van der Waals surface area contributed by atoms with Crippen LogP contribution in [0.15, 0.2) is 59.6 Å². The van der Waals surface area contributed by atoms with Gasteiger partial charge in [-0.2, -0.15) is 0 Å². The maximum Gasteiger partial charge on any atom is 0.0866 e. The van der Waals surface area contributed by atoms with E-state index in [4.69, 9.17) is 4.99 Å². The smallest absolute Gasteiger partial charge is 0.0866 e. The Balaban J connectivity index is 2.22. The molecule has 0 fully saturated rings. The topological polar surface area (TPSA) is 15.6 Å². The van der Waals surface area contributed by atoms with Crippen LogP contribution in [0.5, 0.6) is 0 Å². The van der Waals surface area contributed by atoms with Crippen molar-refractivity contribution in [2.75, 3.05) is 4.90 Å². The number of rotatable bonds is 1. The summed E-state index contributed by atoms with van der Waals surface area (Å²) in [5.74, 6) is 0. The van der Waals surface area contributed by atoms with E-state index in [-0.39, 0.29) is 5.54 Å². The molecule has 0 aromatic heterocycles. The molecule has 0 unspecified atom stereocenters. The van der Waals surface area contributed by atoms with Crippen molar-refractivity contribution in [3.05, 3.63) is 54.6 Å². The van der Waals surface area contributed by atoms with Crippen LogP contribution >= 0.6 is 0 Å². The Morgan fingerprint density at radius 1 is 0.950 bits per heavy atom. The average Bonchev–Trinajstić information content (AvgIpc) is 2.51. The maximum absolute atomic E-state index is 4.79. The lowest BCUT2D eigenvalue weighted by molar-refractivity contribution is 0.528. The molecule has 2 nitrogen and oxygen atoms in total. The number of hydrogen-bond acceptors (Lipinski definition) is 2. The molecule has 0 bridgehead atoms. The van der Waals surface area contributed by atoms with E-state index in [1.165, 1.54) is 17.1 Å². The highest BCUT2D eigenvalue weighted by atomic mass is 15.2. The van der Waals surface area contributed by atoms with E-state index >= 15 is 0 Å². The first-order chi connectivity index (χ1) is 9.58. The summed E-state index contributed by atoms with van der Waals surface area (Å²) >= 11 is 0. The van der Waals surface area contributed by atoms with Gasteiger partial charge in [-0.05, 0) is 45.0 Å². The highest BCUT2D eigenvalue weighted by Gasteiger charge is 2.32. The minimum Gasteiger partial charge on any atom is -0.334 e. The van der Waals surface area contributed by atoms with E-state index < -0.39 is 0 Å². The molecule has 2 aromatic rings. The van der Waals surface area contributed by atoms with Crippen molar-refractivity contribution in [1.29, 1.82) is 0 Å². The van der Waals surface area contributed by atoms with Gasteiger partial charge in [-0.3, -0.25) is 4.99 Å². The Morgan fingerprint density at radius 2 is 1.60 bits per heavy atom. The number of hydrogen-bond donors (Lipinski definition) is 0. The summed E-state index contributed by atoms with van der Waals surface area (Å²) < 4.78 is 0. The van der Waals surface area contributed by atoms with E-state index in [0.717, 1.165) is 12.1 Å². The van der Waals surface area contributed by atoms with Crippen molar-refractivity contribution in [2.45, 2.75) is 32.7 Å². The minimum atomic E-state index is 0.00153. The molecule has 0 saturated heterocycles. The zero-order valence-corrected chi connectivity index (χ0v) is 12.3. The molecule has 0 radical (unpaired) electrons. The van der Waals surface area contributed by atoms with Gasteiger partial charge in [0.1, 0.15) is 0 Å². The Hall–Kier alpha value is -2.09. The molecule has 1 aliphatic heterocycles. The van der Waals surface area contributed by atoms with Gasteiger partial charge in [0.25, 0.3) is 0 Å². The number of aliphatic imine (C=N–C) groups is 1. The van der Waals surface area contributed by atoms with Crippen molar-refractivity contribution < 1.29 is 0 Å². The van der Waals surface area contributed by atoms with Crippen LogP contribution in [0.25, 0.3) is 0 Å². The Labute approximate surface area is 120 Å². The fourth-order valence-electron chi connectivity index (χ4n) is 3.09. The molecular formula is C18H20N2. The Kier molecular flexibility index (Phi) is 3.09. The summed E-state index contributed by atoms with van der Waals surface area (Å²) in [6, 6.07) is 19.0. The van der Waals surface area contributed by atoms with E-state index in [1.807, 2.05) is 0 Å². The molecule has 20 heavy (non-hydrogen) atoms. The summed E-state index contributed by atoms with van der Waals surface area (Å²) in [5.41, 5.74) is 4.64. The number of anilines is 2. The zero-order valence-electron chi connectivity index (χ0n) is 12.3. The minimum absolute atomic E-state index is 0.00153. The van der Waals surface area contributed by atoms with Crippen molar-refractivity contribution >= 4 is 22.8 Å². The van der Waals surface area contributed by atoms with Gasteiger partial charge < -0.3 is 4.90 Å². The Morgan fingerprint density at radius 3 is 2.35 bits per heavy atom. The normalized spacial score (nSPS) is 17.1. The second-order valence-corrected chi connectivity index (χ2v) is 6.00. The lowest BCUT2D eigenvalue weighted by Crippen LogP contribution is -2.41. The zero-order chi connectivity index (χ0) is 14.2. The van der Waals surface area contributed by atoms with E-state index in [1.54, 1.807) is 0 Å². The molecule has 3 rings (SSSR count). The molecule has 0 N–H and O–H groups in total. The lowest BCUT2D eigenvalue weighted by atomic mass is 9.94. The van der Waals surface area contributed by atoms with Crippen molar-refractivity contribution in [3.63, 3.8) is 0 Å². The van der Waals surface area contributed by atoms with Gasteiger partial charge in [-0.1, -0.05) is 30.3 Å². The lowest BCUT2D eigenvalue weighted by Gasteiger charge is -2.39. The van der Waals surface area contributed by atoms with Gasteiger partial charge in [0, 0.05) is 23.4 Å². The first kappa shape index (κ1) is 12.9. The van der Waals surface area contributed by atoms with Crippen LogP contribution < -0.4 is 4.90 Å². The second kappa shape index (κ2) is 4.78. The van der Waals surface area contributed by atoms with Crippen LogP contribution in [0.4, 0.5) is 17.1 Å². The van der Waals surface area contributed by atoms with Crippen LogP contribution in [-0.4, -0.2) is 11.3 Å². The van der Waals surface area contributed by atoms with Gasteiger partial charge in [-0.15, -0.1) is 0 Å². The third-order valence-corrected chi connectivity index (χ3v) is 3.74. The van der Waals surface area contributed by atoms with Gasteiger partial charge in [0.05, 0.1) is 11.4 Å². The van der Waals surface area contributed by atoms with E-state index in [9.17, 15) is 0 Å². The van der Waals surface area contributed by atoms with Crippen molar-refractivity contribution in [2.24, 2.45) is 4.99 Å². The SMILES string of the molecule is CC1=Nc2ccccc2N(c2ccccc2)C(C)(C)C1. The van der Waals surface area contributed by atoms with Crippen LogP contribution in [0.2, 0.25) is 0 Å². The van der Waals surface area contributed by atoms with Crippen molar-refractivity contribution in [1.82, 2.24) is 0 Å². The van der Waals surface area contributed by atoms with Gasteiger partial charge in [-0.25, -0.2) is 0 Å². The molecule has 0 amide bonds. The fourth-order valence-corrected chi connectivity index (χ4v) is 3.09. The molecule has 0 atom stereocenters. The van der Waals surface area contributed by atoms with E-state index in [2.05, 4.69) is 80.3 Å². The quantitative estimate of drug-likeness (QED) is 0.699. The van der Waals surface area contributed by atoms with Crippen LogP contribution in [0.3, 0.4) is 0 Å². The largest absolute Gasteiger partial charge is 0.334 e. The van der Waals surface area contributed by atoms with E-state index in [0.29, 0.717) is 0 Å². The van der Waals surface area contributed by atoms with Crippen LogP contribution in [-0.2, 0) is 0 Å². The molecule has 0 spiro atoms. The maximum atomic E-state index is 4.79. The van der Waals surface area contributed by atoms with Gasteiger partial charge >= 0.3 is 0 Å². The number of para-hydroxylation sites is 3. The van der Waals surface area contributed by atoms with Gasteiger partial charge in [0.2, 0.25) is 0 Å². The first-order valence-electron chi connectivity index (χ1n) is 7.06. The van der Waals surface area contributed by atoms with Crippen molar-refractivity contribution in [3.8, 4) is 0 Å². The van der Waals surface area contributed by atoms with Crippen LogP contribution in [0.1, 0.15) is 27.2 Å².